The largest absolute Gasteiger partial charge is 0.383 e. The first-order chi connectivity index (χ1) is 9.02. The summed E-state index contributed by atoms with van der Waals surface area (Å²) < 4.78 is 18.9. The number of nitrogen functional groups attached to an aromatic ring is 1. The minimum Gasteiger partial charge on any atom is -0.383 e. The van der Waals surface area contributed by atoms with Gasteiger partial charge in [0.15, 0.2) is 11.6 Å². The third kappa shape index (κ3) is 3.62. The SMILES string of the molecule is COCCN(C(=O)c1ccnc(NN)c1F)C(C)C. The van der Waals surface area contributed by atoms with E-state index in [4.69, 9.17) is 10.6 Å². The van der Waals surface area contributed by atoms with Crippen molar-refractivity contribution in [1.29, 1.82) is 0 Å². The maximum absolute atomic E-state index is 14.0. The molecule has 1 heterocycles. The van der Waals surface area contributed by atoms with E-state index in [1.807, 2.05) is 13.8 Å². The van der Waals surface area contributed by atoms with Crippen LogP contribution in [0.5, 0.6) is 0 Å². The van der Waals surface area contributed by atoms with Gasteiger partial charge in [0, 0.05) is 25.9 Å². The molecule has 0 saturated carbocycles. The van der Waals surface area contributed by atoms with E-state index in [2.05, 4.69) is 10.4 Å². The van der Waals surface area contributed by atoms with Crippen LogP contribution in [0.1, 0.15) is 24.2 Å². The molecule has 0 fully saturated rings. The van der Waals surface area contributed by atoms with Gasteiger partial charge in [0.2, 0.25) is 0 Å². The van der Waals surface area contributed by atoms with Gasteiger partial charge in [0.05, 0.1) is 12.2 Å². The smallest absolute Gasteiger partial charge is 0.257 e. The van der Waals surface area contributed by atoms with Crippen LogP contribution in [-0.4, -0.2) is 42.1 Å². The molecule has 0 radical (unpaired) electrons. The lowest BCUT2D eigenvalue weighted by atomic mass is 10.2. The Labute approximate surface area is 111 Å². The fourth-order valence-electron chi connectivity index (χ4n) is 1.65. The summed E-state index contributed by atoms with van der Waals surface area (Å²) in [6.45, 7) is 4.49. The normalized spacial score (nSPS) is 10.6. The second kappa shape index (κ2) is 7.01. The zero-order valence-corrected chi connectivity index (χ0v) is 11.3. The number of hydrogen-bond acceptors (Lipinski definition) is 5. The van der Waals surface area contributed by atoms with Gasteiger partial charge in [-0.05, 0) is 19.9 Å². The Bertz CT molecular complexity index is 440. The van der Waals surface area contributed by atoms with Crippen molar-refractivity contribution in [2.24, 2.45) is 5.84 Å². The van der Waals surface area contributed by atoms with Crippen LogP contribution in [0.15, 0.2) is 12.3 Å². The van der Waals surface area contributed by atoms with Gasteiger partial charge < -0.3 is 15.1 Å². The zero-order chi connectivity index (χ0) is 14.4. The van der Waals surface area contributed by atoms with Crippen molar-refractivity contribution in [2.45, 2.75) is 19.9 Å². The highest BCUT2D eigenvalue weighted by molar-refractivity contribution is 5.95. The minimum atomic E-state index is -0.752. The Morgan fingerprint density at radius 1 is 1.63 bits per heavy atom. The van der Waals surface area contributed by atoms with Crippen LogP contribution in [-0.2, 0) is 4.74 Å². The highest BCUT2D eigenvalue weighted by atomic mass is 19.1. The van der Waals surface area contributed by atoms with Gasteiger partial charge in [-0.1, -0.05) is 0 Å². The third-order valence-corrected chi connectivity index (χ3v) is 2.68. The second-order valence-corrected chi connectivity index (χ2v) is 4.25. The molecule has 3 N–H and O–H groups in total. The first kappa shape index (κ1) is 15.3. The van der Waals surface area contributed by atoms with Crippen LogP contribution in [0.4, 0.5) is 10.2 Å². The van der Waals surface area contributed by atoms with Crippen LogP contribution >= 0.6 is 0 Å². The van der Waals surface area contributed by atoms with Crippen molar-refractivity contribution < 1.29 is 13.9 Å². The molecule has 0 saturated heterocycles. The first-order valence-electron chi connectivity index (χ1n) is 5.94. The maximum Gasteiger partial charge on any atom is 0.257 e. The average Bonchev–Trinajstić information content (AvgIpc) is 2.38. The molecular formula is C12H19FN4O2. The predicted octanol–water partition coefficient (Wildman–Crippen LogP) is 1.00. The lowest BCUT2D eigenvalue weighted by Gasteiger charge is -2.26. The van der Waals surface area contributed by atoms with Crippen molar-refractivity contribution in [3.05, 3.63) is 23.6 Å². The van der Waals surface area contributed by atoms with Crippen LogP contribution < -0.4 is 11.3 Å². The van der Waals surface area contributed by atoms with E-state index in [0.29, 0.717) is 13.2 Å². The van der Waals surface area contributed by atoms with Gasteiger partial charge >= 0.3 is 0 Å². The van der Waals surface area contributed by atoms with Crippen molar-refractivity contribution >= 4 is 11.7 Å². The zero-order valence-electron chi connectivity index (χ0n) is 11.3. The van der Waals surface area contributed by atoms with E-state index in [-0.39, 0.29) is 17.4 Å². The molecule has 19 heavy (non-hydrogen) atoms. The molecule has 0 aromatic carbocycles. The van der Waals surface area contributed by atoms with Crippen molar-refractivity contribution in [3.8, 4) is 0 Å². The standard InChI is InChI=1S/C12H19FN4O2/c1-8(2)17(6-7-19-3)12(18)9-4-5-15-11(16-14)10(9)13/h4-5,8H,6-7,14H2,1-3H3,(H,15,16). The van der Waals surface area contributed by atoms with Crippen LogP contribution in [0.25, 0.3) is 0 Å². The quantitative estimate of drug-likeness (QED) is 0.595. The van der Waals surface area contributed by atoms with Crippen LogP contribution in [0, 0.1) is 5.82 Å². The summed E-state index contributed by atoms with van der Waals surface area (Å²) in [5.41, 5.74) is 2.06. The molecule has 0 aliphatic heterocycles. The number of ether oxygens (including phenoxy) is 1. The second-order valence-electron chi connectivity index (χ2n) is 4.25. The molecule has 1 aromatic rings. The number of aromatic nitrogens is 1. The lowest BCUT2D eigenvalue weighted by molar-refractivity contribution is 0.0630. The molecule has 6 nitrogen and oxygen atoms in total. The van der Waals surface area contributed by atoms with E-state index in [0.717, 1.165) is 0 Å². The Kier molecular flexibility index (Phi) is 5.65. The molecule has 0 aliphatic carbocycles. The molecule has 0 spiro atoms. The fourth-order valence-corrected chi connectivity index (χ4v) is 1.65. The number of rotatable bonds is 6. The molecule has 0 atom stereocenters. The number of hydrazine groups is 1. The Morgan fingerprint density at radius 3 is 2.84 bits per heavy atom. The van der Waals surface area contributed by atoms with Gasteiger partial charge in [-0.25, -0.2) is 15.2 Å². The molecular weight excluding hydrogens is 251 g/mol. The molecule has 1 amide bonds. The Balaban J connectivity index is 3.02. The summed E-state index contributed by atoms with van der Waals surface area (Å²) in [6, 6.07) is 1.27. The summed E-state index contributed by atoms with van der Waals surface area (Å²) in [4.78, 5) is 17.5. The first-order valence-corrected chi connectivity index (χ1v) is 5.94. The number of nitrogens with one attached hydrogen (secondary N) is 1. The maximum atomic E-state index is 14.0. The number of anilines is 1. The Hall–Kier alpha value is -1.73. The van der Waals surface area contributed by atoms with Crippen molar-refractivity contribution in [2.75, 3.05) is 25.7 Å². The van der Waals surface area contributed by atoms with Crippen LogP contribution in [0.3, 0.4) is 0 Å². The monoisotopic (exact) mass is 270 g/mol. The fraction of sp³-hybridized carbons (Fsp3) is 0.500. The van der Waals surface area contributed by atoms with Gasteiger partial charge in [0.25, 0.3) is 5.91 Å². The number of pyridine rings is 1. The molecule has 0 bridgehead atoms. The number of nitrogens with zero attached hydrogens (tertiary/aromatic N) is 2. The number of nitrogens with two attached hydrogens (primary N) is 1. The number of carbonyl (C=O) groups is 1. The summed E-state index contributed by atoms with van der Waals surface area (Å²) in [5, 5.41) is 0. The summed E-state index contributed by atoms with van der Waals surface area (Å²) in [7, 11) is 1.55. The number of hydrogen-bond donors (Lipinski definition) is 2. The molecule has 1 aromatic heterocycles. The average molecular weight is 270 g/mol. The number of carbonyl (C=O) groups excluding carboxylic acids is 1. The molecule has 0 aliphatic rings. The van der Waals surface area contributed by atoms with E-state index in [1.165, 1.54) is 17.2 Å². The molecule has 0 unspecified atom stereocenters. The third-order valence-electron chi connectivity index (χ3n) is 2.68. The molecule has 106 valence electrons. The molecule has 1 rings (SSSR count). The summed E-state index contributed by atoms with van der Waals surface area (Å²) >= 11 is 0. The van der Waals surface area contributed by atoms with Gasteiger partial charge in [-0.15, -0.1) is 0 Å². The number of methoxy groups -OCH3 is 1. The van der Waals surface area contributed by atoms with Gasteiger partial charge in [-0.2, -0.15) is 0 Å². The van der Waals surface area contributed by atoms with E-state index < -0.39 is 11.7 Å². The van der Waals surface area contributed by atoms with Gasteiger partial charge in [0.1, 0.15) is 0 Å². The highest BCUT2D eigenvalue weighted by Crippen LogP contribution is 2.17. The lowest BCUT2D eigenvalue weighted by Crippen LogP contribution is -2.39. The molecule has 7 heteroatoms. The topological polar surface area (TPSA) is 80.5 Å². The van der Waals surface area contributed by atoms with Crippen LogP contribution in [0.2, 0.25) is 0 Å². The summed E-state index contributed by atoms with van der Waals surface area (Å²) in [6.07, 6.45) is 1.33. The van der Waals surface area contributed by atoms with E-state index in [1.54, 1.807) is 7.11 Å². The summed E-state index contributed by atoms with van der Waals surface area (Å²) in [5.74, 6) is 3.82. The van der Waals surface area contributed by atoms with Crippen molar-refractivity contribution in [3.63, 3.8) is 0 Å². The van der Waals surface area contributed by atoms with Crippen molar-refractivity contribution in [1.82, 2.24) is 9.88 Å². The highest BCUT2D eigenvalue weighted by Gasteiger charge is 2.23. The number of halogens is 1. The van der Waals surface area contributed by atoms with E-state index in [9.17, 15) is 9.18 Å². The van der Waals surface area contributed by atoms with Gasteiger partial charge in [-0.3, -0.25) is 4.79 Å². The minimum absolute atomic E-state index is 0.0623. The predicted molar refractivity (Wildman–Crippen MR) is 70.1 cm³/mol. The Morgan fingerprint density at radius 2 is 2.32 bits per heavy atom. The van der Waals surface area contributed by atoms with E-state index >= 15 is 0 Å². The number of amides is 1.